The molecule has 1 aromatic rings. The van der Waals surface area contributed by atoms with Crippen molar-refractivity contribution in [3.63, 3.8) is 0 Å². The van der Waals surface area contributed by atoms with Crippen molar-refractivity contribution in [1.29, 1.82) is 0 Å². The molecule has 0 spiro atoms. The van der Waals surface area contributed by atoms with E-state index in [9.17, 15) is 0 Å². The standard InChI is InChI=1S/C14H22I2S/c1-2-3-4-5-6-7-8-9-10-12-11-13(15)17-14(12)16/h11H,2-10H2,1H3. The van der Waals surface area contributed by atoms with Crippen LogP contribution in [0.5, 0.6) is 0 Å². The van der Waals surface area contributed by atoms with E-state index in [1.807, 2.05) is 11.3 Å². The van der Waals surface area contributed by atoms with Crippen LogP contribution in [0.25, 0.3) is 0 Å². The van der Waals surface area contributed by atoms with Crippen LogP contribution in [-0.4, -0.2) is 0 Å². The molecule has 0 N–H and O–H groups in total. The maximum absolute atomic E-state index is 2.48. The third-order valence-electron chi connectivity index (χ3n) is 3.03. The smallest absolute Gasteiger partial charge is 0.0696 e. The van der Waals surface area contributed by atoms with Crippen molar-refractivity contribution >= 4 is 56.5 Å². The molecule has 0 atom stereocenters. The molecule has 98 valence electrons. The van der Waals surface area contributed by atoms with Crippen LogP contribution in [0.15, 0.2) is 6.07 Å². The third-order valence-corrected chi connectivity index (χ3v) is 6.11. The van der Waals surface area contributed by atoms with Gasteiger partial charge in [-0.3, -0.25) is 0 Å². The van der Waals surface area contributed by atoms with Crippen LogP contribution in [0.2, 0.25) is 0 Å². The number of thiophene rings is 1. The number of halogens is 2. The van der Waals surface area contributed by atoms with Gasteiger partial charge in [0.25, 0.3) is 0 Å². The van der Waals surface area contributed by atoms with E-state index in [2.05, 4.69) is 58.2 Å². The molecule has 17 heavy (non-hydrogen) atoms. The van der Waals surface area contributed by atoms with E-state index in [4.69, 9.17) is 0 Å². The maximum Gasteiger partial charge on any atom is 0.0696 e. The normalized spacial score (nSPS) is 11.0. The van der Waals surface area contributed by atoms with Gasteiger partial charge in [0, 0.05) is 0 Å². The lowest BCUT2D eigenvalue weighted by Gasteiger charge is -2.01. The van der Waals surface area contributed by atoms with Crippen molar-refractivity contribution in [2.75, 3.05) is 0 Å². The van der Waals surface area contributed by atoms with E-state index in [-0.39, 0.29) is 0 Å². The van der Waals surface area contributed by atoms with E-state index in [0.717, 1.165) is 0 Å². The quantitative estimate of drug-likeness (QED) is 0.277. The Labute approximate surface area is 137 Å². The van der Waals surface area contributed by atoms with Gasteiger partial charge in [-0.25, -0.2) is 0 Å². The van der Waals surface area contributed by atoms with Gasteiger partial charge in [-0.05, 0) is 69.7 Å². The van der Waals surface area contributed by atoms with Crippen molar-refractivity contribution < 1.29 is 0 Å². The zero-order chi connectivity index (χ0) is 12.5. The Morgan fingerprint density at radius 3 is 2.06 bits per heavy atom. The van der Waals surface area contributed by atoms with Crippen molar-refractivity contribution in [3.8, 4) is 0 Å². The molecular formula is C14H22I2S. The fourth-order valence-corrected chi connectivity index (χ4v) is 6.10. The van der Waals surface area contributed by atoms with E-state index in [1.165, 1.54) is 63.6 Å². The summed E-state index contributed by atoms with van der Waals surface area (Å²) in [5, 5.41) is 0. The minimum absolute atomic E-state index is 1.28. The molecule has 3 heteroatoms. The Morgan fingerprint density at radius 2 is 1.53 bits per heavy atom. The van der Waals surface area contributed by atoms with Crippen LogP contribution in [0.3, 0.4) is 0 Å². The molecule has 0 aliphatic heterocycles. The molecule has 0 radical (unpaired) electrons. The highest BCUT2D eigenvalue weighted by molar-refractivity contribution is 14.1. The Kier molecular flexibility index (Phi) is 9.55. The molecule has 1 heterocycles. The lowest BCUT2D eigenvalue weighted by molar-refractivity contribution is 0.575. The van der Waals surface area contributed by atoms with Crippen molar-refractivity contribution in [2.24, 2.45) is 0 Å². The van der Waals surface area contributed by atoms with Gasteiger partial charge in [0.15, 0.2) is 0 Å². The molecule has 0 aliphatic rings. The van der Waals surface area contributed by atoms with E-state index in [0.29, 0.717) is 0 Å². The van der Waals surface area contributed by atoms with E-state index < -0.39 is 0 Å². The van der Waals surface area contributed by atoms with Gasteiger partial charge in [-0.1, -0.05) is 51.9 Å². The van der Waals surface area contributed by atoms with Crippen LogP contribution in [-0.2, 0) is 6.42 Å². The molecule has 0 fully saturated rings. The Morgan fingerprint density at radius 1 is 0.941 bits per heavy atom. The van der Waals surface area contributed by atoms with Crippen molar-refractivity contribution in [2.45, 2.75) is 64.7 Å². The first kappa shape index (κ1) is 16.2. The van der Waals surface area contributed by atoms with Crippen LogP contribution in [0, 0.1) is 5.77 Å². The summed E-state index contributed by atoms with van der Waals surface area (Å²) in [7, 11) is 0. The largest absolute Gasteiger partial charge is 0.123 e. The average molecular weight is 476 g/mol. The number of aryl methyl sites for hydroxylation is 1. The highest BCUT2D eigenvalue weighted by Crippen LogP contribution is 2.26. The molecule has 0 aliphatic carbocycles. The van der Waals surface area contributed by atoms with Gasteiger partial charge in [0.05, 0.1) is 5.77 Å². The molecule has 0 saturated heterocycles. The zero-order valence-corrected chi connectivity index (χ0v) is 15.7. The van der Waals surface area contributed by atoms with Gasteiger partial charge in [0.2, 0.25) is 0 Å². The van der Waals surface area contributed by atoms with Crippen molar-refractivity contribution in [3.05, 3.63) is 17.4 Å². The molecule has 0 saturated carbocycles. The number of hydrogen-bond acceptors (Lipinski definition) is 1. The minimum Gasteiger partial charge on any atom is -0.123 e. The summed E-state index contributed by atoms with van der Waals surface area (Å²) in [5.41, 5.74) is 1.57. The highest BCUT2D eigenvalue weighted by atomic mass is 127. The van der Waals surface area contributed by atoms with Crippen LogP contribution in [0.1, 0.15) is 63.9 Å². The summed E-state index contributed by atoms with van der Waals surface area (Å²) in [5.74, 6) is 0. The van der Waals surface area contributed by atoms with E-state index in [1.54, 1.807) is 5.56 Å². The second-order valence-electron chi connectivity index (χ2n) is 4.57. The van der Waals surface area contributed by atoms with Crippen molar-refractivity contribution in [1.82, 2.24) is 0 Å². The molecule has 0 unspecified atom stereocenters. The molecule has 0 aromatic carbocycles. The summed E-state index contributed by atoms with van der Waals surface area (Å²) in [6.07, 6.45) is 12.6. The molecule has 1 aromatic heterocycles. The topological polar surface area (TPSA) is 0 Å². The van der Waals surface area contributed by atoms with Crippen LogP contribution < -0.4 is 0 Å². The Balaban J connectivity index is 1.99. The predicted octanol–water partition coefficient (Wildman–Crippen LogP) is 6.64. The van der Waals surface area contributed by atoms with Gasteiger partial charge < -0.3 is 0 Å². The van der Waals surface area contributed by atoms with Gasteiger partial charge in [-0.15, -0.1) is 11.3 Å². The zero-order valence-electron chi connectivity index (χ0n) is 10.6. The second kappa shape index (κ2) is 10.0. The highest BCUT2D eigenvalue weighted by Gasteiger charge is 2.04. The summed E-state index contributed by atoms with van der Waals surface area (Å²) in [4.78, 5) is 0. The third kappa shape index (κ3) is 7.35. The summed E-state index contributed by atoms with van der Waals surface area (Å²) in [6, 6.07) is 2.36. The monoisotopic (exact) mass is 476 g/mol. The van der Waals surface area contributed by atoms with Crippen LogP contribution in [0.4, 0.5) is 0 Å². The molecule has 0 amide bonds. The van der Waals surface area contributed by atoms with E-state index >= 15 is 0 Å². The molecular weight excluding hydrogens is 454 g/mol. The number of unbranched alkanes of at least 4 members (excludes halogenated alkanes) is 7. The molecule has 1 rings (SSSR count). The first-order valence-corrected chi connectivity index (χ1v) is 9.65. The first-order valence-electron chi connectivity index (χ1n) is 6.67. The van der Waals surface area contributed by atoms with Gasteiger partial charge >= 0.3 is 0 Å². The lowest BCUT2D eigenvalue weighted by Crippen LogP contribution is -1.86. The fraction of sp³-hybridized carbons (Fsp3) is 0.714. The van der Waals surface area contributed by atoms with Crippen LogP contribution >= 0.6 is 56.5 Å². The summed E-state index contributed by atoms with van der Waals surface area (Å²) >= 11 is 6.83. The minimum atomic E-state index is 1.28. The second-order valence-corrected chi connectivity index (χ2v) is 9.33. The Bertz CT molecular complexity index is 307. The average Bonchev–Trinajstić information content (AvgIpc) is 2.61. The Hall–Kier alpha value is 1.16. The molecule has 0 bridgehead atoms. The van der Waals surface area contributed by atoms with Gasteiger partial charge in [-0.2, -0.15) is 0 Å². The van der Waals surface area contributed by atoms with Gasteiger partial charge in [0.1, 0.15) is 0 Å². The number of hydrogen-bond donors (Lipinski definition) is 0. The summed E-state index contributed by atoms with van der Waals surface area (Å²) in [6.45, 7) is 2.28. The fourth-order valence-electron chi connectivity index (χ4n) is 1.99. The summed E-state index contributed by atoms with van der Waals surface area (Å²) < 4.78 is 2.93. The SMILES string of the molecule is CCCCCCCCCCc1cc(I)sc1I. The predicted molar refractivity (Wildman–Crippen MR) is 96.1 cm³/mol. The number of rotatable bonds is 9. The first-order chi connectivity index (χ1) is 8.24. The molecule has 0 nitrogen and oxygen atoms in total. The lowest BCUT2D eigenvalue weighted by atomic mass is 10.1. The maximum atomic E-state index is 2.48.